The maximum absolute atomic E-state index is 14.0. The fraction of sp³-hybridized carbons (Fsp3) is 0.375. The lowest BCUT2D eigenvalue weighted by Crippen LogP contribution is -2.10. The summed E-state index contributed by atoms with van der Waals surface area (Å²) in [5.41, 5.74) is 3.09. The average molecular weight is 290 g/mol. The second-order valence-corrected chi connectivity index (χ2v) is 5.10. The van der Waals surface area contributed by atoms with Crippen LogP contribution in [0.4, 0.5) is 4.39 Å². The van der Waals surface area contributed by atoms with Crippen molar-refractivity contribution in [3.63, 3.8) is 0 Å². The molecule has 0 saturated carbocycles. The van der Waals surface area contributed by atoms with E-state index in [-0.39, 0.29) is 24.4 Å². The predicted molar refractivity (Wildman–Crippen MR) is 78.0 cm³/mol. The Balaban J connectivity index is 2.16. The van der Waals surface area contributed by atoms with E-state index in [9.17, 15) is 9.18 Å². The first kappa shape index (κ1) is 15.2. The van der Waals surface area contributed by atoms with Gasteiger partial charge in [0.05, 0.1) is 12.8 Å². The molecule has 2 aromatic rings. The Labute approximate surface area is 123 Å². The highest BCUT2D eigenvalue weighted by atomic mass is 19.1. The van der Waals surface area contributed by atoms with Crippen LogP contribution in [0.15, 0.2) is 18.2 Å². The Bertz CT molecular complexity index is 677. The lowest BCUT2D eigenvalue weighted by Gasteiger charge is -2.07. The minimum absolute atomic E-state index is 0.0404. The van der Waals surface area contributed by atoms with Crippen LogP contribution in [0.25, 0.3) is 0 Å². The lowest BCUT2D eigenvalue weighted by atomic mass is 10.0. The predicted octanol–water partition coefficient (Wildman–Crippen LogP) is 2.54. The molecule has 112 valence electrons. The van der Waals surface area contributed by atoms with Crippen LogP contribution in [0.2, 0.25) is 0 Å². The smallest absolute Gasteiger partial charge is 0.168 e. The Kier molecular flexibility index (Phi) is 4.40. The Morgan fingerprint density at radius 3 is 2.62 bits per heavy atom. The number of benzene rings is 1. The van der Waals surface area contributed by atoms with Crippen LogP contribution in [0.3, 0.4) is 0 Å². The van der Waals surface area contributed by atoms with Crippen LogP contribution < -0.4 is 4.74 Å². The van der Waals surface area contributed by atoms with Crippen molar-refractivity contribution in [2.75, 3.05) is 7.11 Å². The van der Waals surface area contributed by atoms with Crippen LogP contribution >= 0.6 is 0 Å². The van der Waals surface area contributed by atoms with E-state index in [0.717, 1.165) is 17.0 Å². The third-order valence-corrected chi connectivity index (χ3v) is 3.68. The van der Waals surface area contributed by atoms with Gasteiger partial charge < -0.3 is 4.74 Å². The summed E-state index contributed by atoms with van der Waals surface area (Å²) in [6.45, 7) is 3.80. The van der Waals surface area contributed by atoms with E-state index in [4.69, 9.17) is 4.74 Å². The van der Waals surface area contributed by atoms with Gasteiger partial charge >= 0.3 is 0 Å². The Morgan fingerprint density at radius 1 is 1.33 bits per heavy atom. The molecule has 5 heteroatoms. The molecule has 0 radical (unpaired) electrons. The fourth-order valence-electron chi connectivity index (χ4n) is 2.40. The molecule has 0 amide bonds. The highest BCUT2D eigenvalue weighted by Crippen LogP contribution is 2.21. The van der Waals surface area contributed by atoms with Gasteiger partial charge in [-0.2, -0.15) is 5.10 Å². The molecule has 2 rings (SSSR count). The maximum Gasteiger partial charge on any atom is 0.168 e. The molecule has 0 aliphatic heterocycles. The van der Waals surface area contributed by atoms with Crippen molar-refractivity contribution in [2.45, 2.75) is 26.7 Å². The number of aromatic nitrogens is 2. The molecule has 0 spiro atoms. The molecule has 4 nitrogen and oxygen atoms in total. The van der Waals surface area contributed by atoms with Gasteiger partial charge in [0, 0.05) is 31.1 Å². The van der Waals surface area contributed by atoms with Crippen molar-refractivity contribution in [1.29, 1.82) is 0 Å². The highest BCUT2D eigenvalue weighted by Gasteiger charge is 2.16. The van der Waals surface area contributed by atoms with Gasteiger partial charge in [-0.25, -0.2) is 4.39 Å². The van der Waals surface area contributed by atoms with Gasteiger partial charge in [0.25, 0.3) is 0 Å². The normalized spacial score (nSPS) is 10.7. The number of methoxy groups -OCH3 is 1. The monoisotopic (exact) mass is 290 g/mol. The molecular weight excluding hydrogens is 271 g/mol. The summed E-state index contributed by atoms with van der Waals surface area (Å²) in [6, 6.07) is 4.84. The molecule has 0 N–H and O–H groups in total. The highest BCUT2D eigenvalue weighted by molar-refractivity contribution is 5.83. The van der Waals surface area contributed by atoms with Gasteiger partial charge in [0.1, 0.15) is 5.78 Å². The molecule has 0 fully saturated rings. The van der Waals surface area contributed by atoms with Gasteiger partial charge in [0.15, 0.2) is 11.6 Å². The number of hydrogen-bond acceptors (Lipinski definition) is 3. The van der Waals surface area contributed by atoms with E-state index in [0.29, 0.717) is 5.56 Å². The number of carbonyl (C=O) groups is 1. The number of ether oxygens (including phenoxy) is 1. The Morgan fingerprint density at radius 2 is 2.05 bits per heavy atom. The standard InChI is InChI=1S/C16H19FN2O2/c1-10-14(11(2)19(3)18-10)9-13(20)8-12-6-5-7-15(21-4)16(12)17/h5-7H,8-9H2,1-4H3. The van der Waals surface area contributed by atoms with Gasteiger partial charge in [-0.05, 0) is 25.5 Å². The summed E-state index contributed by atoms with van der Waals surface area (Å²) >= 11 is 0. The molecule has 1 aromatic heterocycles. The summed E-state index contributed by atoms with van der Waals surface area (Å²) in [4.78, 5) is 12.2. The SMILES string of the molecule is COc1cccc(CC(=O)Cc2c(C)nn(C)c2C)c1F. The molecule has 0 atom stereocenters. The van der Waals surface area contributed by atoms with E-state index in [2.05, 4.69) is 5.10 Å². The Hall–Kier alpha value is -2.17. The van der Waals surface area contributed by atoms with E-state index in [1.165, 1.54) is 7.11 Å². The van der Waals surface area contributed by atoms with Crippen LogP contribution in [0.1, 0.15) is 22.5 Å². The van der Waals surface area contributed by atoms with Gasteiger partial charge in [-0.1, -0.05) is 12.1 Å². The third kappa shape index (κ3) is 3.12. The molecule has 0 saturated heterocycles. The number of carbonyl (C=O) groups excluding carboxylic acids is 1. The van der Waals surface area contributed by atoms with E-state index in [1.54, 1.807) is 22.9 Å². The molecule has 1 heterocycles. The first-order valence-electron chi connectivity index (χ1n) is 6.76. The zero-order valence-corrected chi connectivity index (χ0v) is 12.7. The molecule has 0 unspecified atom stereocenters. The van der Waals surface area contributed by atoms with E-state index in [1.807, 2.05) is 20.9 Å². The molecule has 0 aliphatic rings. The number of halogens is 1. The van der Waals surface area contributed by atoms with Crippen LogP contribution in [-0.2, 0) is 24.7 Å². The number of aryl methyl sites for hydroxylation is 2. The maximum atomic E-state index is 14.0. The van der Waals surface area contributed by atoms with Crippen LogP contribution in [-0.4, -0.2) is 22.7 Å². The van der Waals surface area contributed by atoms with Gasteiger partial charge in [-0.15, -0.1) is 0 Å². The molecule has 0 bridgehead atoms. The van der Waals surface area contributed by atoms with Crippen molar-refractivity contribution in [2.24, 2.45) is 7.05 Å². The molecule has 1 aromatic carbocycles. The summed E-state index contributed by atoms with van der Waals surface area (Å²) in [5.74, 6) is -0.344. The lowest BCUT2D eigenvalue weighted by molar-refractivity contribution is -0.117. The fourth-order valence-corrected chi connectivity index (χ4v) is 2.40. The summed E-state index contributed by atoms with van der Waals surface area (Å²) in [6.07, 6.45) is 0.318. The second kappa shape index (κ2) is 6.08. The minimum atomic E-state index is -0.465. The number of rotatable bonds is 5. The van der Waals surface area contributed by atoms with Gasteiger partial charge in [0.2, 0.25) is 0 Å². The largest absolute Gasteiger partial charge is 0.494 e. The van der Waals surface area contributed by atoms with Crippen molar-refractivity contribution >= 4 is 5.78 Å². The molecular formula is C16H19FN2O2. The average Bonchev–Trinajstić information content (AvgIpc) is 2.68. The summed E-state index contributed by atoms with van der Waals surface area (Å²) in [5, 5.41) is 4.29. The number of hydrogen-bond donors (Lipinski definition) is 0. The van der Waals surface area contributed by atoms with Crippen molar-refractivity contribution in [1.82, 2.24) is 9.78 Å². The quantitative estimate of drug-likeness (QED) is 0.850. The van der Waals surface area contributed by atoms with Crippen molar-refractivity contribution in [3.8, 4) is 5.75 Å². The summed E-state index contributed by atoms with van der Waals surface area (Å²) < 4.78 is 20.7. The van der Waals surface area contributed by atoms with Crippen LogP contribution in [0, 0.1) is 19.7 Å². The zero-order valence-electron chi connectivity index (χ0n) is 12.7. The zero-order chi connectivity index (χ0) is 15.6. The van der Waals surface area contributed by atoms with Crippen LogP contribution in [0.5, 0.6) is 5.75 Å². The third-order valence-electron chi connectivity index (χ3n) is 3.68. The van der Waals surface area contributed by atoms with Gasteiger partial charge in [-0.3, -0.25) is 9.48 Å². The summed E-state index contributed by atoms with van der Waals surface area (Å²) in [7, 11) is 3.25. The first-order chi connectivity index (χ1) is 9.93. The molecule has 21 heavy (non-hydrogen) atoms. The number of nitrogens with zero attached hydrogens (tertiary/aromatic N) is 2. The van der Waals surface area contributed by atoms with Crippen molar-refractivity contribution < 1.29 is 13.9 Å². The van der Waals surface area contributed by atoms with Crippen molar-refractivity contribution in [3.05, 3.63) is 46.5 Å². The number of ketones is 1. The number of Topliss-reactive ketones (excluding diaryl/α,β-unsaturated/α-hetero) is 1. The van der Waals surface area contributed by atoms with E-state index < -0.39 is 5.82 Å². The van der Waals surface area contributed by atoms with E-state index >= 15 is 0 Å². The topological polar surface area (TPSA) is 44.1 Å². The molecule has 0 aliphatic carbocycles. The second-order valence-electron chi connectivity index (χ2n) is 5.10. The first-order valence-corrected chi connectivity index (χ1v) is 6.76. The minimum Gasteiger partial charge on any atom is -0.494 e.